The average Bonchev–Trinajstić information content (AvgIpc) is 3.18. The van der Waals surface area contributed by atoms with Gasteiger partial charge in [0, 0.05) is 37.1 Å². The lowest BCUT2D eigenvalue weighted by atomic mass is 9.82. The maximum absolute atomic E-state index is 13.4. The second-order valence-corrected chi connectivity index (χ2v) is 7.36. The zero-order valence-electron chi connectivity index (χ0n) is 14.7. The third kappa shape index (κ3) is 3.13. The number of carbonyl (C=O) groups is 1. The van der Waals surface area contributed by atoms with E-state index < -0.39 is 5.82 Å². The van der Waals surface area contributed by atoms with Crippen LogP contribution in [0.25, 0.3) is 0 Å². The summed E-state index contributed by atoms with van der Waals surface area (Å²) in [5, 5.41) is 0. The molecule has 1 amide bonds. The third-order valence-electron chi connectivity index (χ3n) is 5.52. The Balaban J connectivity index is 1.47. The van der Waals surface area contributed by atoms with Crippen LogP contribution in [0, 0.1) is 24.1 Å². The van der Waals surface area contributed by atoms with Crippen molar-refractivity contribution in [3.05, 3.63) is 47.8 Å². The second-order valence-electron chi connectivity index (χ2n) is 7.36. The summed E-state index contributed by atoms with van der Waals surface area (Å²) < 4.78 is 19.3. The highest BCUT2D eigenvalue weighted by atomic mass is 19.1. The van der Waals surface area contributed by atoms with Crippen molar-refractivity contribution in [2.75, 3.05) is 19.7 Å². The normalized spacial score (nSPS) is 24.5. The Morgan fingerprint density at radius 2 is 2.15 bits per heavy atom. The van der Waals surface area contributed by atoms with Crippen LogP contribution in [0.1, 0.15) is 35.2 Å². The van der Waals surface area contributed by atoms with Gasteiger partial charge >= 0.3 is 6.01 Å². The molecule has 4 rings (SSSR count). The highest BCUT2D eigenvalue weighted by Crippen LogP contribution is 2.49. The van der Waals surface area contributed by atoms with E-state index in [2.05, 4.69) is 15.0 Å². The number of hydrogen-bond donors (Lipinski definition) is 0. The minimum atomic E-state index is -0.496. The lowest BCUT2D eigenvalue weighted by molar-refractivity contribution is 0.0741. The van der Waals surface area contributed by atoms with Crippen LogP contribution in [0.5, 0.6) is 6.01 Å². The number of nitrogens with zero attached hydrogens (tertiary/aromatic N) is 4. The van der Waals surface area contributed by atoms with Crippen LogP contribution in [0.15, 0.2) is 30.9 Å². The summed E-state index contributed by atoms with van der Waals surface area (Å²) in [7, 11) is 0. The largest absolute Gasteiger partial charge is 0.463 e. The number of hydrogen-bond acceptors (Lipinski definition) is 5. The van der Waals surface area contributed by atoms with Gasteiger partial charge in [-0.2, -0.15) is 0 Å². The Morgan fingerprint density at radius 3 is 2.92 bits per heavy atom. The molecule has 0 spiro atoms. The van der Waals surface area contributed by atoms with Crippen LogP contribution < -0.4 is 4.74 Å². The summed E-state index contributed by atoms with van der Waals surface area (Å²) in [4.78, 5) is 26.7. The standard InChI is InChI=1S/C19H21FN4O2/c1-13-6-22-18(23-7-13)26-12-19-4-2-3-15(19)10-24(11-19)17(25)14-5-16(20)9-21-8-14/h5-9,15H,2-4,10-12H2,1H3. The van der Waals surface area contributed by atoms with Gasteiger partial charge in [0.25, 0.3) is 5.91 Å². The summed E-state index contributed by atoms with van der Waals surface area (Å²) in [5.41, 5.74) is 1.20. The number of aromatic nitrogens is 3. The first kappa shape index (κ1) is 16.9. The molecular weight excluding hydrogens is 335 g/mol. The molecule has 136 valence electrons. The molecule has 0 aromatic carbocycles. The van der Waals surface area contributed by atoms with E-state index in [1.807, 2.05) is 6.92 Å². The Morgan fingerprint density at radius 1 is 1.35 bits per heavy atom. The molecule has 7 heteroatoms. The summed E-state index contributed by atoms with van der Waals surface area (Å²) >= 11 is 0. The molecule has 2 fully saturated rings. The van der Waals surface area contributed by atoms with Gasteiger partial charge in [-0.05, 0) is 37.3 Å². The van der Waals surface area contributed by atoms with E-state index in [1.54, 1.807) is 17.3 Å². The Labute approximate surface area is 151 Å². The predicted octanol–water partition coefficient (Wildman–Crippen LogP) is 2.64. The van der Waals surface area contributed by atoms with Gasteiger partial charge in [-0.1, -0.05) is 6.42 Å². The first-order valence-electron chi connectivity index (χ1n) is 8.87. The lowest BCUT2D eigenvalue weighted by Crippen LogP contribution is -2.36. The molecule has 0 N–H and O–H groups in total. The number of pyridine rings is 1. The average molecular weight is 356 g/mol. The van der Waals surface area contributed by atoms with Crippen LogP contribution in [-0.4, -0.2) is 45.5 Å². The van der Waals surface area contributed by atoms with Crippen LogP contribution in [0.2, 0.25) is 0 Å². The number of fused-ring (bicyclic) bond motifs is 1. The van der Waals surface area contributed by atoms with Crippen LogP contribution in [-0.2, 0) is 0 Å². The van der Waals surface area contributed by atoms with E-state index in [1.165, 1.54) is 12.3 Å². The van der Waals surface area contributed by atoms with Gasteiger partial charge in [0.2, 0.25) is 0 Å². The van der Waals surface area contributed by atoms with Gasteiger partial charge in [-0.15, -0.1) is 0 Å². The Kier molecular flexibility index (Phi) is 4.30. The summed E-state index contributed by atoms with van der Waals surface area (Å²) in [6.45, 7) is 3.70. The topological polar surface area (TPSA) is 68.2 Å². The molecule has 26 heavy (non-hydrogen) atoms. The van der Waals surface area contributed by atoms with E-state index in [-0.39, 0.29) is 11.3 Å². The summed E-state index contributed by atoms with van der Waals surface area (Å²) in [6.07, 6.45) is 9.20. The highest BCUT2D eigenvalue weighted by molar-refractivity contribution is 5.94. The zero-order chi connectivity index (χ0) is 18.1. The predicted molar refractivity (Wildman–Crippen MR) is 92.1 cm³/mol. The van der Waals surface area contributed by atoms with Crippen molar-refractivity contribution in [2.45, 2.75) is 26.2 Å². The van der Waals surface area contributed by atoms with E-state index in [4.69, 9.17) is 4.74 Å². The van der Waals surface area contributed by atoms with Gasteiger partial charge in [-0.3, -0.25) is 9.78 Å². The zero-order valence-corrected chi connectivity index (χ0v) is 14.7. The maximum Gasteiger partial charge on any atom is 0.316 e. The number of aryl methyl sites for hydroxylation is 1. The van der Waals surface area contributed by atoms with Crippen molar-refractivity contribution in [1.82, 2.24) is 19.9 Å². The number of ether oxygens (including phenoxy) is 1. The van der Waals surface area contributed by atoms with Crippen molar-refractivity contribution in [1.29, 1.82) is 0 Å². The first-order chi connectivity index (χ1) is 12.6. The number of likely N-dealkylation sites (tertiary alicyclic amines) is 1. The minimum Gasteiger partial charge on any atom is -0.463 e. The molecule has 2 atom stereocenters. The van der Waals surface area contributed by atoms with E-state index >= 15 is 0 Å². The fourth-order valence-corrected chi connectivity index (χ4v) is 4.18. The third-order valence-corrected chi connectivity index (χ3v) is 5.52. The molecule has 2 aliphatic rings. The molecule has 0 radical (unpaired) electrons. The van der Waals surface area contributed by atoms with Gasteiger partial charge in [0.15, 0.2) is 0 Å². The monoisotopic (exact) mass is 356 g/mol. The van der Waals surface area contributed by atoms with Crippen molar-refractivity contribution < 1.29 is 13.9 Å². The van der Waals surface area contributed by atoms with Gasteiger partial charge in [-0.25, -0.2) is 14.4 Å². The highest BCUT2D eigenvalue weighted by Gasteiger charge is 2.51. The van der Waals surface area contributed by atoms with Crippen LogP contribution in [0.4, 0.5) is 4.39 Å². The van der Waals surface area contributed by atoms with Crippen LogP contribution >= 0.6 is 0 Å². The van der Waals surface area contributed by atoms with E-state index in [0.717, 1.165) is 31.0 Å². The molecule has 3 heterocycles. The molecule has 2 aromatic heterocycles. The molecule has 6 nitrogen and oxygen atoms in total. The van der Waals surface area contributed by atoms with Crippen molar-refractivity contribution in [2.24, 2.45) is 11.3 Å². The molecule has 0 bridgehead atoms. The molecular formula is C19H21FN4O2. The molecule has 1 saturated carbocycles. The summed E-state index contributed by atoms with van der Waals surface area (Å²) in [5.74, 6) is -0.277. The lowest BCUT2D eigenvalue weighted by Gasteiger charge is -2.28. The SMILES string of the molecule is Cc1cnc(OCC23CCCC2CN(C(=O)c2cncc(F)c2)C3)nc1. The molecule has 1 aliphatic carbocycles. The Bertz CT molecular complexity index is 813. The number of rotatable bonds is 4. The first-order valence-corrected chi connectivity index (χ1v) is 8.87. The van der Waals surface area contributed by atoms with Crippen molar-refractivity contribution in [3.63, 3.8) is 0 Å². The molecule has 2 unspecified atom stereocenters. The maximum atomic E-state index is 13.4. The summed E-state index contributed by atoms with van der Waals surface area (Å²) in [6, 6.07) is 1.61. The van der Waals surface area contributed by atoms with Gasteiger partial charge in [0.1, 0.15) is 5.82 Å². The van der Waals surface area contributed by atoms with Gasteiger partial charge < -0.3 is 9.64 Å². The van der Waals surface area contributed by atoms with E-state index in [9.17, 15) is 9.18 Å². The van der Waals surface area contributed by atoms with E-state index in [0.29, 0.717) is 37.2 Å². The fraction of sp³-hybridized carbons (Fsp3) is 0.474. The second kappa shape index (κ2) is 6.63. The smallest absolute Gasteiger partial charge is 0.316 e. The number of carbonyl (C=O) groups excluding carboxylic acids is 1. The van der Waals surface area contributed by atoms with Crippen molar-refractivity contribution >= 4 is 5.91 Å². The van der Waals surface area contributed by atoms with Crippen molar-refractivity contribution in [3.8, 4) is 6.01 Å². The Hall–Kier alpha value is -2.57. The molecule has 1 saturated heterocycles. The number of amides is 1. The minimum absolute atomic E-state index is 0.0787. The quantitative estimate of drug-likeness (QED) is 0.842. The fourth-order valence-electron chi connectivity index (χ4n) is 4.18. The molecule has 2 aromatic rings. The van der Waals surface area contributed by atoms with Gasteiger partial charge in [0.05, 0.1) is 18.4 Å². The van der Waals surface area contributed by atoms with Crippen LogP contribution in [0.3, 0.4) is 0 Å². The number of halogens is 1. The molecule has 1 aliphatic heterocycles.